The molecule has 0 bridgehead atoms. The fourth-order valence-electron chi connectivity index (χ4n) is 2.82. The van der Waals surface area contributed by atoms with Gasteiger partial charge in [0.2, 0.25) is 5.90 Å². The van der Waals surface area contributed by atoms with E-state index in [-0.39, 0.29) is 22.4 Å². The number of carbonyl (C=O) groups is 2. The average Bonchev–Trinajstić information content (AvgIpc) is 2.94. The SMILES string of the molecule is COC(=O)C1=C(C(=O)OC)C(CBr)(c2ccc(C)cc2)OC1=NC(C)(C)C. The highest BCUT2D eigenvalue weighted by Gasteiger charge is 2.53. The van der Waals surface area contributed by atoms with Gasteiger partial charge < -0.3 is 14.2 Å². The van der Waals surface area contributed by atoms with Gasteiger partial charge in [0.1, 0.15) is 11.1 Å². The second kappa shape index (κ2) is 7.84. The predicted octanol–water partition coefficient (Wildman–Crippen LogP) is 3.46. The Morgan fingerprint density at radius 3 is 2.11 bits per heavy atom. The van der Waals surface area contributed by atoms with Gasteiger partial charge >= 0.3 is 11.9 Å². The van der Waals surface area contributed by atoms with Crippen LogP contribution in [0.15, 0.2) is 40.4 Å². The first-order chi connectivity index (χ1) is 12.6. The van der Waals surface area contributed by atoms with Crippen molar-refractivity contribution in [3.8, 4) is 0 Å². The third-order valence-corrected chi connectivity index (χ3v) is 4.85. The fourth-order valence-corrected chi connectivity index (χ4v) is 3.54. The van der Waals surface area contributed by atoms with Crippen LogP contribution >= 0.6 is 15.9 Å². The molecule has 0 aliphatic carbocycles. The summed E-state index contributed by atoms with van der Waals surface area (Å²) in [6, 6.07) is 7.53. The van der Waals surface area contributed by atoms with Gasteiger partial charge in [-0.15, -0.1) is 0 Å². The number of rotatable bonds is 4. The van der Waals surface area contributed by atoms with Crippen LogP contribution < -0.4 is 0 Å². The number of hydrogen-bond donors (Lipinski definition) is 0. The summed E-state index contributed by atoms with van der Waals surface area (Å²) < 4.78 is 16.1. The molecule has 6 nitrogen and oxygen atoms in total. The number of aliphatic imine (C=N–C) groups is 1. The number of hydrogen-bond acceptors (Lipinski definition) is 6. The molecule has 0 aromatic heterocycles. The van der Waals surface area contributed by atoms with Gasteiger partial charge in [0.05, 0.1) is 25.1 Å². The van der Waals surface area contributed by atoms with E-state index in [9.17, 15) is 9.59 Å². The topological polar surface area (TPSA) is 74.2 Å². The number of nitrogens with zero attached hydrogens (tertiary/aromatic N) is 1. The molecule has 0 N–H and O–H groups in total. The molecule has 1 aromatic carbocycles. The van der Waals surface area contributed by atoms with E-state index >= 15 is 0 Å². The molecule has 146 valence electrons. The Kier molecular flexibility index (Phi) is 6.14. The largest absolute Gasteiger partial charge is 0.466 e. The third kappa shape index (κ3) is 4.08. The van der Waals surface area contributed by atoms with Gasteiger partial charge in [-0.1, -0.05) is 45.8 Å². The average molecular weight is 438 g/mol. The summed E-state index contributed by atoms with van der Waals surface area (Å²) in [6.07, 6.45) is 0. The molecule has 0 saturated heterocycles. The van der Waals surface area contributed by atoms with Crippen LogP contribution in [0, 0.1) is 6.92 Å². The predicted molar refractivity (Wildman–Crippen MR) is 106 cm³/mol. The lowest BCUT2D eigenvalue weighted by molar-refractivity contribution is -0.139. The van der Waals surface area contributed by atoms with Gasteiger partial charge in [-0.2, -0.15) is 0 Å². The Balaban J connectivity index is 2.85. The minimum atomic E-state index is -1.26. The maximum atomic E-state index is 12.7. The van der Waals surface area contributed by atoms with Crippen LogP contribution in [-0.4, -0.2) is 42.9 Å². The molecule has 27 heavy (non-hydrogen) atoms. The molecule has 2 rings (SSSR count). The van der Waals surface area contributed by atoms with Gasteiger partial charge in [0, 0.05) is 5.56 Å². The normalized spacial score (nSPS) is 21.2. The summed E-state index contributed by atoms with van der Waals surface area (Å²) >= 11 is 3.46. The molecule has 1 heterocycles. The van der Waals surface area contributed by atoms with E-state index in [4.69, 9.17) is 14.2 Å². The molecule has 0 spiro atoms. The quantitative estimate of drug-likeness (QED) is 0.532. The number of esters is 2. The summed E-state index contributed by atoms with van der Waals surface area (Å²) in [5.41, 5.74) is 0.0208. The molecule has 0 fully saturated rings. The van der Waals surface area contributed by atoms with Gasteiger partial charge in [-0.25, -0.2) is 14.6 Å². The zero-order chi connectivity index (χ0) is 20.4. The fraction of sp³-hybridized carbons (Fsp3) is 0.450. The molecule has 0 radical (unpaired) electrons. The highest BCUT2D eigenvalue weighted by Crippen LogP contribution is 2.44. The summed E-state index contributed by atoms with van der Waals surface area (Å²) in [7, 11) is 2.51. The number of benzene rings is 1. The maximum Gasteiger partial charge on any atom is 0.344 e. The van der Waals surface area contributed by atoms with Crippen molar-refractivity contribution in [2.45, 2.75) is 38.8 Å². The van der Waals surface area contributed by atoms with E-state index in [1.54, 1.807) is 0 Å². The highest BCUT2D eigenvalue weighted by molar-refractivity contribution is 9.09. The van der Waals surface area contributed by atoms with Crippen molar-refractivity contribution < 1.29 is 23.8 Å². The van der Waals surface area contributed by atoms with Crippen molar-refractivity contribution in [3.63, 3.8) is 0 Å². The lowest BCUT2D eigenvalue weighted by Crippen LogP contribution is -2.35. The smallest absolute Gasteiger partial charge is 0.344 e. The molecule has 1 atom stereocenters. The van der Waals surface area contributed by atoms with Crippen molar-refractivity contribution in [2.75, 3.05) is 19.5 Å². The lowest BCUT2D eigenvalue weighted by atomic mass is 9.86. The van der Waals surface area contributed by atoms with Crippen molar-refractivity contribution in [1.29, 1.82) is 0 Å². The first-order valence-corrected chi connectivity index (χ1v) is 9.55. The second-order valence-corrected chi connectivity index (χ2v) is 7.81. The van der Waals surface area contributed by atoms with Crippen LogP contribution in [0.4, 0.5) is 0 Å². The summed E-state index contributed by atoms with van der Waals surface area (Å²) in [5.74, 6) is -1.31. The van der Waals surface area contributed by atoms with Crippen LogP contribution in [0.2, 0.25) is 0 Å². The molecular formula is C20H24BrNO5. The molecule has 0 saturated carbocycles. The number of ether oxygens (including phenoxy) is 3. The standard InChI is InChI=1S/C20H24BrNO5/c1-12-7-9-13(10-8-12)20(11-21)15(18(24)26-6)14(17(23)25-5)16(27-20)22-19(2,3)4/h7-10H,11H2,1-6H3. The zero-order valence-corrected chi connectivity index (χ0v) is 18.0. The number of aryl methyl sites for hydroxylation is 1. The minimum absolute atomic E-state index is 0.0145. The van der Waals surface area contributed by atoms with Crippen LogP contribution in [0.3, 0.4) is 0 Å². The first-order valence-electron chi connectivity index (χ1n) is 8.43. The molecular weight excluding hydrogens is 414 g/mol. The van der Waals surface area contributed by atoms with Gasteiger partial charge in [-0.3, -0.25) is 0 Å². The van der Waals surface area contributed by atoms with Gasteiger partial charge in [0.25, 0.3) is 0 Å². The Hall–Kier alpha value is -2.15. The van der Waals surface area contributed by atoms with E-state index < -0.39 is 23.1 Å². The molecule has 1 unspecified atom stereocenters. The van der Waals surface area contributed by atoms with E-state index in [2.05, 4.69) is 20.9 Å². The monoisotopic (exact) mass is 437 g/mol. The number of alkyl halides is 1. The van der Waals surface area contributed by atoms with Crippen LogP contribution in [0.1, 0.15) is 31.9 Å². The van der Waals surface area contributed by atoms with Crippen LogP contribution in [-0.2, 0) is 29.4 Å². The van der Waals surface area contributed by atoms with Gasteiger partial charge in [-0.05, 0) is 27.7 Å². The van der Waals surface area contributed by atoms with Crippen molar-refractivity contribution in [2.24, 2.45) is 4.99 Å². The maximum absolute atomic E-state index is 12.7. The molecule has 1 aromatic rings. The van der Waals surface area contributed by atoms with E-state index in [1.807, 2.05) is 52.0 Å². The van der Waals surface area contributed by atoms with Crippen molar-refractivity contribution >= 4 is 33.8 Å². The second-order valence-electron chi connectivity index (χ2n) is 7.25. The Morgan fingerprint density at radius 2 is 1.67 bits per heavy atom. The van der Waals surface area contributed by atoms with E-state index in [0.29, 0.717) is 5.56 Å². The van der Waals surface area contributed by atoms with E-state index in [0.717, 1.165) is 5.56 Å². The Morgan fingerprint density at radius 1 is 1.11 bits per heavy atom. The molecule has 1 aliphatic heterocycles. The first kappa shape index (κ1) is 21.2. The minimum Gasteiger partial charge on any atom is -0.466 e. The third-order valence-electron chi connectivity index (χ3n) is 4.06. The number of halogens is 1. The number of carbonyl (C=O) groups excluding carboxylic acids is 2. The summed E-state index contributed by atoms with van der Waals surface area (Å²) in [6.45, 7) is 7.58. The van der Waals surface area contributed by atoms with Gasteiger partial charge in [0.15, 0.2) is 5.60 Å². The zero-order valence-electron chi connectivity index (χ0n) is 16.4. The van der Waals surface area contributed by atoms with Crippen molar-refractivity contribution in [1.82, 2.24) is 0 Å². The Bertz CT molecular complexity index is 805. The number of methoxy groups -OCH3 is 2. The molecule has 1 aliphatic rings. The highest BCUT2D eigenvalue weighted by atomic mass is 79.9. The Labute approximate surface area is 167 Å². The summed E-state index contributed by atoms with van der Waals surface area (Å²) in [5, 5.41) is 0.219. The van der Waals surface area contributed by atoms with Crippen LogP contribution in [0.25, 0.3) is 0 Å². The van der Waals surface area contributed by atoms with E-state index in [1.165, 1.54) is 14.2 Å². The molecule has 0 amide bonds. The van der Waals surface area contributed by atoms with Crippen molar-refractivity contribution in [3.05, 3.63) is 46.5 Å². The summed E-state index contributed by atoms with van der Waals surface area (Å²) in [4.78, 5) is 29.8. The molecule has 7 heteroatoms. The lowest BCUT2D eigenvalue weighted by Gasteiger charge is -2.29. The van der Waals surface area contributed by atoms with Crippen LogP contribution in [0.5, 0.6) is 0 Å².